The van der Waals surface area contributed by atoms with Gasteiger partial charge in [-0.2, -0.15) is 0 Å². The van der Waals surface area contributed by atoms with Gasteiger partial charge in [-0.1, -0.05) is 19.0 Å². The lowest BCUT2D eigenvalue weighted by Gasteiger charge is -2.22. The molecule has 5 unspecified atom stereocenters. The maximum atomic E-state index is 13.5. The van der Waals surface area contributed by atoms with E-state index in [-0.39, 0.29) is 23.9 Å². The number of oxime groups is 1. The number of aliphatic hydroxyl groups excluding tert-OH is 4. The van der Waals surface area contributed by atoms with Crippen LogP contribution in [0, 0.1) is 5.92 Å². The van der Waals surface area contributed by atoms with Crippen molar-refractivity contribution >= 4 is 17.8 Å². The second kappa shape index (κ2) is 12.0. The van der Waals surface area contributed by atoms with Crippen molar-refractivity contribution < 1.29 is 39.2 Å². The van der Waals surface area contributed by atoms with Crippen LogP contribution in [-0.4, -0.2) is 75.9 Å². The number of hydrogen-bond acceptors (Lipinski definition) is 8. The van der Waals surface area contributed by atoms with Gasteiger partial charge in [0, 0.05) is 18.8 Å². The maximum absolute atomic E-state index is 13.5. The third-order valence-corrected chi connectivity index (χ3v) is 3.53. The molecule has 0 bridgehead atoms. The Bertz CT molecular complexity index is 419. The normalized spacial score (nSPS) is 18.0. The van der Waals surface area contributed by atoms with Crippen molar-refractivity contribution in [2.75, 3.05) is 13.2 Å². The zero-order chi connectivity index (χ0) is 18.7. The smallest absolute Gasteiger partial charge is 0.175 e. The first-order valence-corrected chi connectivity index (χ1v) is 7.77. The monoisotopic (exact) mass is 350 g/mol. The summed E-state index contributed by atoms with van der Waals surface area (Å²) in [7, 11) is 0. The number of nitrogens with zero attached hydrogens (tertiary/aromatic N) is 1. The lowest BCUT2D eigenvalue weighted by Crippen LogP contribution is -2.44. The van der Waals surface area contributed by atoms with Gasteiger partial charge >= 0.3 is 0 Å². The molecule has 0 aromatic rings. The fourth-order valence-corrected chi connectivity index (χ4v) is 1.93. The fourth-order valence-electron chi connectivity index (χ4n) is 1.93. The summed E-state index contributed by atoms with van der Waals surface area (Å²) >= 11 is 0. The molecule has 0 saturated carbocycles. The molecule has 140 valence electrons. The molecule has 0 heterocycles. The van der Waals surface area contributed by atoms with E-state index in [4.69, 9.17) is 10.2 Å². The average Bonchev–Trinajstić information content (AvgIpc) is 2.60. The lowest BCUT2D eigenvalue weighted by atomic mass is 9.94. The van der Waals surface area contributed by atoms with Gasteiger partial charge in [0.25, 0.3) is 0 Å². The summed E-state index contributed by atoms with van der Waals surface area (Å²) in [6.45, 7) is 2.22. The van der Waals surface area contributed by atoms with Crippen LogP contribution in [0.1, 0.15) is 33.1 Å². The van der Waals surface area contributed by atoms with Gasteiger partial charge < -0.3 is 25.3 Å². The standard InChI is InChI=1S/C15H26FNO7/c1-3-9(12(20)4-2)5-10(19)8-24-17-6-11(16)14(22)15(23)13(21)7-18/h6,9,11,13-15,18,21-23H,3-5,7-8H2,1-2H3/b17-6-/i16-1. The van der Waals surface area contributed by atoms with Crippen LogP contribution in [0.25, 0.3) is 0 Å². The number of Topliss-reactive ketones (excluding diaryl/α,β-unsaturated/α-hetero) is 2. The number of rotatable bonds is 13. The molecule has 0 aliphatic carbocycles. The zero-order valence-corrected chi connectivity index (χ0v) is 13.8. The van der Waals surface area contributed by atoms with E-state index in [1.54, 1.807) is 13.8 Å². The second-order valence-electron chi connectivity index (χ2n) is 5.37. The van der Waals surface area contributed by atoms with E-state index in [1.165, 1.54) is 0 Å². The van der Waals surface area contributed by atoms with Crippen LogP contribution in [0.15, 0.2) is 5.16 Å². The molecule has 0 aromatic heterocycles. The van der Waals surface area contributed by atoms with Gasteiger partial charge in [-0.15, -0.1) is 0 Å². The summed E-state index contributed by atoms with van der Waals surface area (Å²) in [6, 6.07) is 0. The molecule has 4 N–H and O–H groups in total. The molecular weight excluding hydrogens is 324 g/mol. The molecule has 0 aliphatic rings. The van der Waals surface area contributed by atoms with Crippen LogP contribution in [0.5, 0.6) is 0 Å². The Morgan fingerprint density at radius 3 is 2.33 bits per heavy atom. The molecule has 0 aromatic carbocycles. The maximum Gasteiger partial charge on any atom is 0.175 e. The summed E-state index contributed by atoms with van der Waals surface area (Å²) in [4.78, 5) is 27.8. The Morgan fingerprint density at radius 1 is 1.21 bits per heavy atom. The third kappa shape index (κ3) is 7.91. The number of carbonyl (C=O) groups is 2. The topological polar surface area (TPSA) is 137 Å². The number of ketones is 2. The van der Waals surface area contributed by atoms with Gasteiger partial charge in [0.15, 0.2) is 18.6 Å². The highest BCUT2D eigenvalue weighted by Gasteiger charge is 2.30. The Morgan fingerprint density at radius 2 is 1.83 bits per heavy atom. The molecule has 8 nitrogen and oxygen atoms in total. The Balaban J connectivity index is 4.27. The minimum atomic E-state index is -2.17. The first-order chi connectivity index (χ1) is 11.3. The highest BCUT2D eigenvalue weighted by atomic mass is 18.2. The Hall–Kier alpha value is -1.42. The Labute approximate surface area is 139 Å². The van der Waals surface area contributed by atoms with Crippen molar-refractivity contribution in [2.45, 2.75) is 57.6 Å². The van der Waals surface area contributed by atoms with E-state index in [1.807, 2.05) is 0 Å². The van der Waals surface area contributed by atoms with Crippen LogP contribution < -0.4 is 0 Å². The van der Waals surface area contributed by atoms with Gasteiger partial charge in [-0.05, 0) is 6.42 Å². The SMILES string of the molecule is CCC(=O)C(CC)CC(=O)CO/N=C\C([18F])C(O)C(O)C(O)CO. The zero-order valence-electron chi connectivity index (χ0n) is 13.8. The molecule has 0 fully saturated rings. The molecule has 24 heavy (non-hydrogen) atoms. The van der Waals surface area contributed by atoms with Gasteiger partial charge in [0.05, 0.1) is 12.8 Å². The minimum Gasteiger partial charge on any atom is -0.394 e. The first kappa shape index (κ1) is 22.6. The van der Waals surface area contributed by atoms with E-state index in [0.717, 1.165) is 0 Å². The van der Waals surface area contributed by atoms with Crippen LogP contribution in [0.2, 0.25) is 0 Å². The van der Waals surface area contributed by atoms with Crippen LogP contribution in [-0.2, 0) is 14.4 Å². The van der Waals surface area contributed by atoms with Crippen molar-refractivity contribution in [1.82, 2.24) is 0 Å². The number of carbonyl (C=O) groups excluding carboxylic acids is 2. The van der Waals surface area contributed by atoms with Crippen molar-refractivity contribution in [2.24, 2.45) is 11.1 Å². The van der Waals surface area contributed by atoms with Crippen LogP contribution >= 0.6 is 0 Å². The molecule has 0 radical (unpaired) electrons. The summed E-state index contributed by atoms with van der Waals surface area (Å²) in [5.41, 5.74) is 0. The molecule has 0 rings (SSSR count). The van der Waals surface area contributed by atoms with Crippen molar-refractivity contribution in [3.63, 3.8) is 0 Å². The number of hydrogen-bond donors (Lipinski definition) is 4. The summed E-state index contributed by atoms with van der Waals surface area (Å²) in [5, 5.41) is 39.6. The predicted octanol–water partition coefficient (Wildman–Crippen LogP) is -0.634. The average molecular weight is 350 g/mol. The third-order valence-electron chi connectivity index (χ3n) is 3.53. The number of halogens is 1. The Kier molecular flexibility index (Phi) is 11.3. The van der Waals surface area contributed by atoms with Gasteiger partial charge in [-0.25, -0.2) is 4.39 Å². The van der Waals surface area contributed by atoms with Gasteiger partial charge in [0.2, 0.25) is 0 Å². The predicted molar refractivity (Wildman–Crippen MR) is 83.1 cm³/mol. The molecule has 0 spiro atoms. The minimum absolute atomic E-state index is 0.0157. The first-order valence-electron chi connectivity index (χ1n) is 7.77. The van der Waals surface area contributed by atoms with Gasteiger partial charge in [-0.3, -0.25) is 9.59 Å². The van der Waals surface area contributed by atoms with Crippen LogP contribution in [0.3, 0.4) is 0 Å². The largest absolute Gasteiger partial charge is 0.394 e. The van der Waals surface area contributed by atoms with Crippen molar-refractivity contribution in [3.8, 4) is 0 Å². The highest BCUT2D eigenvalue weighted by Crippen LogP contribution is 2.12. The van der Waals surface area contributed by atoms with Gasteiger partial charge in [0.1, 0.15) is 24.1 Å². The molecule has 0 saturated heterocycles. The van der Waals surface area contributed by atoms with Crippen molar-refractivity contribution in [3.05, 3.63) is 0 Å². The van der Waals surface area contributed by atoms with E-state index in [2.05, 4.69) is 9.99 Å². The van der Waals surface area contributed by atoms with E-state index < -0.39 is 37.7 Å². The molecule has 0 amide bonds. The second-order valence-corrected chi connectivity index (χ2v) is 5.37. The number of aliphatic hydroxyl groups is 4. The highest BCUT2D eigenvalue weighted by molar-refractivity contribution is 5.88. The van der Waals surface area contributed by atoms with E-state index in [9.17, 15) is 24.2 Å². The van der Waals surface area contributed by atoms with E-state index >= 15 is 0 Å². The van der Waals surface area contributed by atoms with E-state index in [0.29, 0.717) is 19.1 Å². The van der Waals surface area contributed by atoms with Crippen molar-refractivity contribution in [1.29, 1.82) is 0 Å². The fraction of sp³-hybridized carbons (Fsp3) is 0.800. The molecule has 5 atom stereocenters. The number of alkyl halides is 1. The van der Waals surface area contributed by atoms with Crippen LogP contribution in [0.4, 0.5) is 4.39 Å². The molecule has 9 heteroatoms. The molecular formula is C15H26FNO7. The quantitative estimate of drug-likeness (QED) is 0.256. The summed E-state index contributed by atoms with van der Waals surface area (Å²) in [6.07, 6.45) is -6.36. The summed E-state index contributed by atoms with van der Waals surface area (Å²) < 4.78 is 13.5. The lowest BCUT2D eigenvalue weighted by molar-refractivity contribution is -0.130. The summed E-state index contributed by atoms with van der Waals surface area (Å²) in [5.74, 6) is -0.758. The molecule has 0 aliphatic heterocycles.